The summed E-state index contributed by atoms with van der Waals surface area (Å²) in [5.74, 6) is 0.934. The molecule has 0 rings (SSSR count). The summed E-state index contributed by atoms with van der Waals surface area (Å²) < 4.78 is 0. The Morgan fingerprint density at radius 1 is 1.83 bits per heavy atom. The topological polar surface area (TPSA) is 17.1 Å². The van der Waals surface area contributed by atoms with E-state index in [-0.39, 0.29) is 10.5 Å². The molecule has 6 heavy (non-hydrogen) atoms. The number of hydrogen-bond acceptors (Lipinski definition) is 1. The quantitative estimate of drug-likeness (QED) is 0.453. The van der Waals surface area contributed by atoms with Crippen molar-refractivity contribution in [3.05, 3.63) is 0 Å². The molecule has 0 aliphatic rings. The van der Waals surface area contributed by atoms with Gasteiger partial charge in [0.05, 0.1) is 0 Å². The Labute approximate surface area is 40.3 Å². The predicted molar refractivity (Wildman–Crippen MR) is 29.7 cm³/mol. The van der Waals surface area contributed by atoms with Crippen LogP contribution in [-0.2, 0) is 4.79 Å². The molecule has 0 amide bonds. The van der Waals surface area contributed by atoms with Gasteiger partial charge < -0.3 is 0 Å². The van der Waals surface area contributed by atoms with Gasteiger partial charge in [-0.3, -0.25) is 0 Å². The van der Waals surface area contributed by atoms with Crippen LogP contribution < -0.4 is 0 Å². The first-order chi connectivity index (χ1) is 2.81. The van der Waals surface area contributed by atoms with Crippen LogP contribution in [0, 0.1) is 0 Å². The maximum atomic E-state index is 9.62. The molecule has 0 fully saturated rings. The lowest BCUT2D eigenvalue weighted by molar-refractivity contribution is 0.572. The molecule has 0 heterocycles. The smallest absolute Gasteiger partial charge is 0.155 e. The van der Waals surface area contributed by atoms with Crippen molar-refractivity contribution in [2.24, 2.45) is 0 Å². The zero-order chi connectivity index (χ0) is 4.99. The Hall–Kier alpha value is -0.0700. The second kappa shape index (κ2) is 3.13. The van der Waals surface area contributed by atoms with E-state index in [4.69, 9.17) is 0 Å². The van der Waals surface area contributed by atoms with Crippen LogP contribution in [0.2, 0.25) is 0 Å². The first-order valence-corrected chi connectivity index (χ1v) is 3.61. The van der Waals surface area contributed by atoms with E-state index in [1.807, 2.05) is 18.4 Å². The van der Waals surface area contributed by atoms with E-state index in [0.29, 0.717) is 0 Å². The Kier molecular flexibility index (Phi) is 3.10. The van der Waals surface area contributed by atoms with Gasteiger partial charge in [-0.05, 0) is 12.0 Å². The van der Waals surface area contributed by atoms with Gasteiger partial charge >= 0.3 is 0 Å². The van der Waals surface area contributed by atoms with Crippen LogP contribution in [0.25, 0.3) is 0 Å². The third kappa shape index (κ3) is 2.18. The van der Waals surface area contributed by atoms with Crippen LogP contribution in [0.5, 0.6) is 0 Å². The van der Waals surface area contributed by atoms with Gasteiger partial charge in [-0.15, -0.1) is 10.5 Å². The van der Waals surface area contributed by atoms with Crippen molar-refractivity contribution >= 4 is 15.7 Å². The van der Waals surface area contributed by atoms with Crippen LogP contribution in [-0.4, -0.2) is 17.2 Å². The summed E-state index contributed by atoms with van der Waals surface area (Å²) in [6.45, 7) is 1.98. The van der Waals surface area contributed by atoms with Crippen LogP contribution in [0.1, 0.15) is 6.92 Å². The number of hydrogen-bond donors (Lipinski definition) is 0. The first-order valence-electron chi connectivity index (χ1n) is 1.81. The molecule has 0 aliphatic carbocycles. The normalized spacial score (nSPS) is 13.0. The second-order valence-corrected chi connectivity index (χ2v) is 3.03. The Balaban J connectivity index is 3.52. The van der Waals surface area contributed by atoms with E-state index in [9.17, 15) is 4.79 Å². The molecule has 1 atom stereocenters. The standard InChI is InChI=1S/C4H8OS/c1-3-6(2)4-5/h3H2,1-2H3. The van der Waals surface area contributed by atoms with Gasteiger partial charge in [-0.1, -0.05) is 6.92 Å². The minimum absolute atomic E-state index is 0.0895. The van der Waals surface area contributed by atoms with Crippen LogP contribution in [0.15, 0.2) is 0 Å². The predicted octanol–water partition coefficient (Wildman–Crippen LogP) is 0.972. The van der Waals surface area contributed by atoms with Gasteiger partial charge in [0.1, 0.15) is 0 Å². The third-order valence-electron chi connectivity index (χ3n) is 0.575. The minimum Gasteiger partial charge on any atom is -0.226 e. The molecule has 0 aromatic rings. The molecule has 0 bridgehead atoms. The van der Waals surface area contributed by atoms with Crippen molar-refractivity contribution in [3.8, 4) is 0 Å². The SMILES string of the molecule is CCS(C)=C=O. The highest BCUT2D eigenvalue weighted by Gasteiger charge is 1.72. The van der Waals surface area contributed by atoms with Crippen molar-refractivity contribution in [1.29, 1.82) is 0 Å². The average Bonchev–Trinajstić information content (AvgIpc) is 1.65. The fourth-order valence-corrected chi connectivity index (χ4v) is 0.177. The summed E-state index contributed by atoms with van der Waals surface area (Å²) in [4.78, 5) is 9.62. The lowest BCUT2D eigenvalue weighted by atomic mass is 11.0. The molecule has 0 spiro atoms. The summed E-state index contributed by atoms with van der Waals surface area (Å²) in [5, 5.41) is 1.89. The monoisotopic (exact) mass is 104 g/mol. The molecule has 0 saturated carbocycles. The maximum Gasteiger partial charge on any atom is 0.155 e. The van der Waals surface area contributed by atoms with Gasteiger partial charge in [-0.2, -0.15) is 0 Å². The maximum absolute atomic E-state index is 9.62. The average molecular weight is 104 g/mol. The van der Waals surface area contributed by atoms with Crippen LogP contribution in [0.3, 0.4) is 0 Å². The molecule has 0 aromatic heterocycles. The molecule has 36 valence electrons. The first kappa shape index (κ1) is 5.93. The summed E-state index contributed by atoms with van der Waals surface area (Å²) in [6.07, 6.45) is 1.88. The summed E-state index contributed by atoms with van der Waals surface area (Å²) in [7, 11) is -0.0895. The van der Waals surface area contributed by atoms with Gasteiger partial charge in [0.15, 0.2) is 5.23 Å². The molecule has 1 nitrogen and oxygen atoms in total. The molecule has 2 heteroatoms. The molecular formula is C4H8OS. The van der Waals surface area contributed by atoms with Crippen LogP contribution >= 0.6 is 10.5 Å². The third-order valence-corrected chi connectivity index (χ3v) is 1.73. The van der Waals surface area contributed by atoms with Crippen molar-refractivity contribution in [2.45, 2.75) is 6.92 Å². The van der Waals surface area contributed by atoms with Gasteiger partial charge in [-0.25, -0.2) is 4.79 Å². The lowest BCUT2D eigenvalue weighted by Gasteiger charge is -1.79. The Morgan fingerprint density at radius 2 is 2.33 bits per heavy atom. The van der Waals surface area contributed by atoms with E-state index in [0.717, 1.165) is 5.75 Å². The largest absolute Gasteiger partial charge is 0.226 e. The van der Waals surface area contributed by atoms with Crippen molar-refractivity contribution in [2.75, 3.05) is 12.0 Å². The van der Waals surface area contributed by atoms with Gasteiger partial charge in [0.2, 0.25) is 0 Å². The van der Waals surface area contributed by atoms with Gasteiger partial charge in [0.25, 0.3) is 0 Å². The highest BCUT2D eigenvalue weighted by atomic mass is 32.2. The van der Waals surface area contributed by atoms with E-state index in [2.05, 4.69) is 0 Å². The molecule has 0 aromatic carbocycles. The van der Waals surface area contributed by atoms with Crippen LogP contribution in [0.4, 0.5) is 0 Å². The summed E-state index contributed by atoms with van der Waals surface area (Å²) in [5.41, 5.74) is 0. The fourth-order valence-electron chi connectivity index (χ4n) is 0.0589. The Morgan fingerprint density at radius 3 is 2.33 bits per heavy atom. The minimum atomic E-state index is -0.0895. The molecule has 0 saturated heterocycles. The zero-order valence-corrected chi connectivity index (χ0v) is 4.84. The fraction of sp³-hybridized carbons (Fsp3) is 0.750. The summed E-state index contributed by atoms with van der Waals surface area (Å²) >= 11 is 0. The Bertz CT molecular complexity index is 81.5. The molecule has 0 radical (unpaired) electrons. The van der Waals surface area contributed by atoms with Gasteiger partial charge in [0, 0.05) is 0 Å². The molecule has 1 unspecified atom stereocenters. The van der Waals surface area contributed by atoms with E-state index >= 15 is 0 Å². The number of rotatable bonds is 1. The summed E-state index contributed by atoms with van der Waals surface area (Å²) in [6, 6.07) is 0. The zero-order valence-electron chi connectivity index (χ0n) is 4.02. The van der Waals surface area contributed by atoms with E-state index < -0.39 is 0 Å². The molecular weight excluding hydrogens is 96.1 g/mol. The van der Waals surface area contributed by atoms with E-state index in [1.54, 1.807) is 0 Å². The highest BCUT2D eigenvalue weighted by molar-refractivity contribution is 8.13. The molecule has 0 aliphatic heterocycles. The van der Waals surface area contributed by atoms with Crippen molar-refractivity contribution in [3.63, 3.8) is 0 Å². The highest BCUT2D eigenvalue weighted by Crippen LogP contribution is 1.97. The van der Waals surface area contributed by atoms with E-state index in [1.165, 1.54) is 0 Å². The lowest BCUT2D eigenvalue weighted by Crippen LogP contribution is -1.65. The molecule has 0 N–H and O–H groups in total. The number of carbonyl (C=O) groups excluding carboxylic acids is 1. The van der Waals surface area contributed by atoms with Crippen molar-refractivity contribution in [1.82, 2.24) is 0 Å². The second-order valence-electron chi connectivity index (χ2n) is 1.01. The van der Waals surface area contributed by atoms with Crippen molar-refractivity contribution < 1.29 is 4.79 Å².